The molecule has 0 fully saturated rings. The maximum absolute atomic E-state index is 12.2. The van der Waals surface area contributed by atoms with Gasteiger partial charge in [0.1, 0.15) is 5.57 Å². The molecule has 0 aliphatic rings. The summed E-state index contributed by atoms with van der Waals surface area (Å²) in [6.45, 7) is 2.44. The fourth-order valence-corrected chi connectivity index (χ4v) is 2.63. The normalized spacial score (nSPS) is 12.1. The number of carboxylic acids is 1. The number of carbonyl (C=O) groups is 2. The Labute approximate surface area is 158 Å². The minimum Gasteiger partial charge on any atom is -0.503 e. The van der Waals surface area contributed by atoms with Crippen LogP contribution in [0.3, 0.4) is 0 Å². The predicted molar refractivity (Wildman–Crippen MR) is 102 cm³/mol. The fraction of sp³-hybridized carbons (Fsp3) is 0.238. The van der Waals surface area contributed by atoms with Crippen LogP contribution in [0.1, 0.15) is 36.1 Å². The first-order chi connectivity index (χ1) is 13.1. The van der Waals surface area contributed by atoms with Gasteiger partial charge in [0.2, 0.25) is 0 Å². The standard InChI is InChI=1S/C21H23NO5/c1-3-13-22-21(25)27-19(15-9-5-4-6-10-15)17-12-8-7-11-16(17)18(14-26-2)20(23)24/h4-12,14,19H,3,13H2,1-2H3,(H,22,25)(H,23,24). The molecular weight excluding hydrogens is 346 g/mol. The van der Waals surface area contributed by atoms with Crippen molar-refractivity contribution in [3.05, 3.63) is 77.5 Å². The van der Waals surface area contributed by atoms with Crippen molar-refractivity contribution in [3.8, 4) is 0 Å². The Hall–Kier alpha value is -3.28. The van der Waals surface area contributed by atoms with E-state index in [0.717, 1.165) is 12.0 Å². The SMILES string of the molecule is CCCNC(=O)OC(c1ccccc1)c1ccccc1C(=COC)C(=O)O. The first kappa shape index (κ1) is 20.0. The highest BCUT2D eigenvalue weighted by atomic mass is 16.6. The van der Waals surface area contributed by atoms with Gasteiger partial charge in [0.05, 0.1) is 13.4 Å². The van der Waals surface area contributed by atoms with Crippen LogP contribution >= 0.6 is 0 Å². The van der Waals surface area contributed by atoms with Gasteiger partial charge in [-0.05, 0) is 17.5 Å². The van der Waals surface area contributed by atoms with Gasteiger partial charge in [-0.25, -0.2) is 9.59 Å². The Morgan fingerprint density at radius 2 is 1.78 bits per heavy atom. The van der Waals surface area contributed by atoms with Crippen LogP contribution in [0.4, 0.5) is 4.79 Å². The Balaban J connectivity index is 2.52. The zero-order chi connectivity index (χ0) is 19.6. The fourth-order valence-electron chi connectivity index (χ4n) is 2.63. The molecule has 6 heteroatoms. The smallest absolute Gasteiger partial charge is 0.408 e. The number of benzene rings is 2. The number of ether oxygens (including phenoxy) is 2. The molecule has 0 heterocycles. The van der Waals surface area contributed by atoms with Gasteiger partial charge in [0.15, 0.2) is 6.10 Å². The quantitative estimate of drug-likeness (QED) is 0.543. The number of rotatable bonds is 8. The van der Waals surface area contributed by atoms with E-state index >= 15 is 0 Å². The minimum absolute atomic E-state index is 0.0217. The van der Waals surface area contributed by atoms with E-state index in [0.29, 0.717) is 17.7 Å². The van der Waals surface area contributed by atoms with E-state index in [1.165, 1.54) is 13.4 Å². The summed E-state index contributed by atoms with van der Waals surface area (Å²) in [7, 11) is 1.38. The molecule has 2 N–H and O–H groups in total. The topological polar surface area (TPSA) is 84.9 Å². The van der Waals surface area contributed by atoms with E-state index < -0.39 is 18.2 Å². The van der Waals surface area contributed by atoms with Gasteiger partial charge >= 0.3 is 12.1 Å². The number of amides is 1. The largest absolute Gasteiger partial charge is 0.503 e. The third-order valence-corrected chi connectivity index (χ3v) is 3.85. The molecule has 2 aromatic rings. The number of methoxy groups -OCH3 is 1. The highest BCUT2D eigenvalue weighted by molar-refractivity contribution is 6.15. The number of carboxylic acid groups (broad SMARTS) is 1. The predicted octanol–water partition coefficient (Wildman–Crippen LogP) is 3.98. The molecule has 0 saturated carbocycles. The summed E-state index contributed by atoms with van der Waals surface area (Å²) in [6, 6.07) is 16.1. The van der Waals surface area contributed by atoms with E-state index in [4.69, 9.17) is 9.47 Å². The van der Waals surface area contributed by atoms with Crippen LogP contribution in [0, 0.1) is 0 Å². The lowest BCUT2D eigenvalue weighted by atomic mass is 9.93. The van der Waals surface area contributed by atoms with Crippen LogP contribution in [0.5, 0.6) is 0 Å². The van der Waals surface area contributed by atoms with Crippen molar-refractivity contribution in [1.82, 2.24) is 5.32 Å². The number of alkyl carbamates (subject to hydrolysis) is 1. The van der Waals surface area contributed by atoms with Gasteiger partial charge in [0, 0.05) is 12.1 Å². The first-order valence-corrected chi connectivity index (χ1v) is 8.63. The second kappa shape index (κ2) is 10.0. The summed E-state index contributed by atoms with van der Waals surface area (Å²) < 4.78 is 10.6. The summed E-state index contributed by atoms with van der Waals surface area (Å²) >= 11 is 0. The molecule has 0 bridgehead atoms. The molecule has 0 aliphatic carbocycles. The van der Waals surface area contributed by atoms with E-state index in [2.05, 4.69) is 5.32 Å². The summed E-state index contributed by atoms with van der Waals surface area (Å²) in [5, 5.41) is 12.2. The van der Waals surface area contributed by atoms with Gasteiger partial charge in [-0.2, -0.15) is 0 Å². The van der Waals surface area contributed by atoms with Crippen LogP contribution in [0.15, 0.2) is 60.9 Å². The van der Waals surface area contributed by atoms with Crippen molar-refractivity contribution >= 4 is 17.6 Å². The number of hydrogen-bond acceptors (Lipinski definition) is 4. The van der Waals surface area contributed by atoms with Gasteiger partial charge in [-0.15, -0.1) is 0 Å². The Morgan fingerprint density at radius 1 is 1.11 bits per heavy atom. The number of nitrogens with one attached hydrogen (secondary N) is 1. The second-order valence-corrected chi connectivity index (χ2v) is 5.78. The molecule has 0 radical (unpaired) electrons. The summed E-state index contributed by atoms with van der Waals surface area (Å²) in [5.41, 5.74) is 1.69. The van der Waals surface area contributed by atoms with Crippen LogP contribution in [-0.2, 0) is 14.3 Å². The molecule has 1 unspecified atom stereocenters. The van der Waals surface area contributed by atoms with Crippen molar-refractivity contribution in [1.29, 1.82) is 0 Å². The third-order valence-electron chi connectivity index (χ3n) is 3.85. The lowest BCUT2D eigenvalue weighted by Crippen LogP contribution is -2.27. The van der Waals surface area contributed by atoms with Crippen molar-refractivity contribution in [2.75, 3.05) is 13.7 Å². The maximum atomic E-state index is 12.2. The Morgan fingerprint density at radius 3 is 2.41 bits per heavy atom. The molecule has 6 nitrogen and oxygen atoms in total. The zero-order valence-corrected chi connectivity index (χ0v) is 15.3. The van der Waals surface area contributed by atoms with Crippen LogP contribution in [-0.4, -0.2) is 30.8 Å². The van der Waals surface area contributed by atoms with E-state index in [-0.39, 0.29) is 5.57 Å². The van der Waals surface area contributed by atoms with Crippen molar-refractivity contribution in [3.63, 3.8) is 0 Å². The molecule has 2 rings (SSSR count). The monoisotopic (exact) mass is 369 g/mol. The van der Waals surface area contributed by atoms with Gasteiger partial charge in [-0.3, -0.25) is 0 Å². The first-order valence-electron chi connectivity index (χ1n) is 8.63. The number of carbonyl (C=O) groups excluding carboxylic acids is 1. The molecule has 27 heavy (non-hydrogen) atoms. The molecule has 0 aliphatic heterocycles. The highest BCUT2D eigenvalue weighted by Gasteiger charge is 2.25. The summed E-state index contributed by atoms with van der Waals surface area (Å²) in [4.78, 5) is 23.9. The average Bonchev–Trinajstić information content (AvgIpc) is 2.69. The molecule has 0 saturated heterocycles. The molecule has 1 atom stereocenters. The minimum atomic E-state index is -1.13. The Bertz CT molecular complexity index is 801. The molecule has 0 spiro atoms. The van der Waals surface area contributed by atoms with Crippen LogP contribution < -0.4 is 5.32 Å². The Kier molecular flexibility index (Phi) is 7.43. The van der Waals surface area contributed by atoms with E-state index in [1.54, 1.807) is 24.3 Å². The van der Waals surface area contributed by atoms with Crippen molar-refractivity contribution in [2.45, 2.75) is 19.4 Å². The van der Waals surface area contributed by atoms with Gasteiger partial charge < -0.3 is 19.9 Å². The van der Waals surface area contributed by atoms with E-state index in [9.17, 15) is 14.7 Å². The lowest BCUT2D eigenvalue weighted by Gasteiger charge is -2.22. The third kappa shape index (κ3) is 5.34. The van der Waals surface area contributed by atoms with Gasteiger partial charge in [0.25, 0.3) is 0 Å². The van der Waals surface area contributed by atoms with Crippen LogP contribution in [0.25, 0.3) is 5.57 Å². The molecule has 1 amide bonds. The molecular formula is C21H23NO5. The van der Waals surface area contributed by atoms with E-state index in [1.807, 2.05) is 37.3 Å². The second-order valence-electron chi connectivity index (χ2n) is 5.78. The zero-order valence-electron chi connectivity index (χ0n) is 15.3. The highest BCUT2D eigenvalue weighted by Crippen LogP contribution is 2.32. The maximum Gasteiger partial charge on any atom is 0.408 e. The number of aliphatic carboxylic acids is 1. The van der Waals surface area contributed by atoms with Crippen LogP contribution in [0.2, 0.25) is 0 Å². The average molecular weight is 369 g/mol. The van der Waals surface area contributed by atoms with Crippen molar-refractivity contribution in [2.24, 2.45) is 0 Å². The molecule has 0 aromatic heterocycles. The molecule has 2 aromatic carbocycles. The van der Waals surface area contributed by atoms with Gasteiger partial charge in [-0.1, -0.05) is 61.5 Å². The molecule has 142 valence electrons. The number of hydrogen-bond donors (Lipinski definition) is 2. The lowest BCUT2D eigenvalue weighted by molar-refractivity contribution is -0.130. The summed E-state index contributed by atoms with van der Waals surface area (Å²) in [5.74, 6) is -1.13. The van der Waals surface area contributed by atoms with Crippen molar-refractivity contribution < 1.29 is 24.2 Å². The summed E-state index contributed by atoms with van der Waals surface area (Å²) in [6.07, 6.45) is 0.619.